The topological polar surface area (TPSA) is 69.7 Å². The molecule has 162 valence electrons. The SMILES string of the molecule is Cc1cc(Cl)ccc1N(CC(=O)NCc1ccc(N2CCCCC2)cc1)S(C)(=O)=O. The summed E-state index contributed by atoms with van der Waals surface area (Å²) in [6, 6.07) is 13.1. The molecule has 1 amide bonds. The molecule has 1 fully saturated rings. The first kappa shape index (κ1) is 22.4. The first-order valence-electron chi connectivity index (χ1n) is 10.1. The molecule has 0 bridgehead atoms. The average Bonchev–Trinajstić information content (AvgIpc) is 2.71. The molecule has 3 rings (SSSR count). The van der Waals surface area contributed by atoms with Gasteiger partial charge in [0.2, 0.25) is 15.9 Å². The van der Waals surface area contributed by atoms with E-state index < -0.39 is 10.0 Å². The highest BCUT2D eigenvalue weighted by atomic mass is 35.5. The predicted molar refractivity (Wildman–Crippen MR) is 123 cm³/mol. The van der Waals surface area contributed by atoms with Gasteiger partial charge < -0.3 is 10.2 Å². The van der Waals surface area contributed by atoms with Crippen molar-refractivity contribution in [1.82, 2.24) is 5.32 Å². The molecule has 8 heteroatoms. The number of rotatable bonds is 7. The monoisotopic (exact) mass is 449 g/mol. The number of amides is 1. The molecule has 1 saturated heterocycles. The van der Waals surface area contributed by atoms with Gasteiger partial charge >= 0.3 is 0 Å². The van der Waals surface area contributed by atoms with Gasteiger partial charge in [-0.1, -0.05) is 23.7 Å². The standard InChI is InChI=1S/C22H28ClN3O3S/c1-17-14-19(23)8-11-21(17)26(30(2,28)29)16-22(27)24-15-18-6-9-20(10-7-18)25-12-4-3-5-13-25/h6-11,14H,3-5,12-13,15-16H2,1-2H3,(H,24,27). The maximum atomic E-state index is 12.5. The van der Waals surface area contributed by atoms with Gasteiger partial charge in [0, 0.05) is 30.3 Å². The summed E-state index contributed by atoms with van der Waals surface area (Å²) >= 11 is 5.97. The molecule has 2 aromatic rings. The second kappa shape index (κ2) is 9.71. The van der Waals surface area contributed by atoms with E-state index in [0.29, 0.717) is 22.8 Å². The highest BCUT2D eigenvalue weighted by Gasteiger charge is 2.22. The van der Waals surface area contributed by atoms with E-state index in [0.717, 1.165) is 29.2 Å². The molecule has 0 atom stereocenters. The number of nitrogens with zero attached hydrogens (tertiary/aromatic N) is 2. The van der Waals surface area contributed by atoms with Crippen LogP contribution >= 0.6 is 11.6 Å². The number of nitrogens with one attached hydrogen (secondary N) is 1. The number of aryl methyl sites for hydroxylation is 1. The molecule has 6 nitrogen and oxygen atoms in total. The number of anilines is 2. The molecule has 0 radical (unpaired) electrons. The van der Waals surface area contributed by atoms with Crippen LogP contribution in [0.4, 0.5) is 11.4 Å². The average molecular weight is 450 g/mol. The van der Waals surface area contributed by atoms with Crippen molar-refractivity contribution in [3.05, 3.63) is 58.6 Å². The maximum Gasteiger partial charge on any atom is 0.241 e. The van der Waals surface area contributed by atoms with Gasteiger partial charge in [0.25, 0.3) is 0 Å². The molecule has 30 heavy (non-hydrogen) atoms. The Morgan fingerprint density at radius 2 is 1.77 bits per heavy atom. The van der Waals surface area contributed by atoms with Gasteiger partial charge in [0.05, 0.1) is 11.9 Å². The molecule has 0 aromatic heterocycles. The summed E-state index contributed by atoms with van der Waals surface area (Å²) in [4.78, 5) is 14.9. The summed E-state index contributed by atoms with van der Waals surface area (Å²) in [7, 11) is -3.63. The Kier molecular flexibility index (Phi) is 7.26. The van der Waals surface area contributed by atoms with Crippen LogP contribution in [0.1, 0.15) is 30.4 Å². The minimum absolute atomic E-state index is 0.285. The van der Waals surface area contributed by atoms with Crippen molar-refractivity contribution in [2.45, 2.75) is 32.7 Å². The van der Waals surface area contributed by atoms with Crippen molar-refractivity contribution in [1.29, 1.82) is 0 Å². The third-order valence-electron chi connectivity index (χ3n) is 5.26. The largest absolute Gasteiger partial charge is 0.372 e. The lowest BCUT2D eigenvalue weighted by molar-refractivity contribution is -0.119. The lowest BCUT2D eigenvalue weighted by Gasteiger charge is -2.28. The lowest BCUT2D eigenvalue weighted by atomic mass is 10.1. The van der Waals surface area contributed by atoms with Crippen LogP contribution in [-0.4, -0.2) is 40.2 Å². The highest BCUT2D eigenvalue weighted by Crippen LogP contribution is 2.25. The van der Waals surface area contributed by atoms with E-state index in [4.69, 9.17) is 11.6 Å². The van der Waals surface area contributed by atoms with Crippen LogP contribution in [0.15, 0.2) is 42.5 Å². The van der Waals surface area contributed by atoms with Crippen molar-refractivity contribution >= 4 is 38.9 Å². The molecule has 0 unspecified atom stereocenters. The Morgan fingerprint density at radius 3 is 2.37 bits per heavy atom. The third kappa shape index (κ3) is 5.89. The summed E-state index contributed by atoms with van der Waals surface area (Å²) in [5.41, 5.74) is 3.31. The van der Waals surface area contributed by atoms with Gasteiger partial charge in [0.1, 0.15) is 6.54 Å². The predicted octanol–water partition coefficient (Wildman–Crippen LogP) is 3.72. The van der Waals surface area contributed by atoms with E-state index in [1.807, 2.05) is 12.1 Å². The van der Waals surface area contributed by atoms with Gasteiger partial charge in [0.15, 0.2) is 0 Å². The summed E-state index contributed by atoms with van der Waals surface area (Å²) < 4.78 is 25.7. The normalized spacial score (nSPS) is 14.4. The fraction of sp³-hybridized carbons (Fsp3) is 0.409. The Morgan fingerprint density at radius 1 is 1.10 bits per heavy atom. The summed E-state index contributed by atoms with van der Waals surface area (Å²) in [6.45, 7) is 3.99. The minimum Gasteiger partial charge on any atom is -0.372 e. The van der Waals surface area contributed by atoms with E-state index >= 15 is 0 Å². The van der Waals surface area contributed by atoms with Gasteiger partial charge in [-0.15, -0.1) is 0 Å². The van der Waals surface area contributed by atoms with Crippen molar-refractivity contribution in [2.24, 2.45) is 0 Å². The molecular formula is C22H28ClN3O3S. The van der Waals surface area contributed by atoms with Crippen LogP contribution in [0.5, 0.6) is 0 Å². The molecule has 1 heterocycles. The van der Waals surface area contributed by atoms with E-state index in [9.17, 15) is 13.2 Å². The van der Waals surface area contributed by atoms with Crippen LogP contribution in [0.2, 0.25) is 5.02 Å². The maximum absolute atomic E-state index is 12.5. The fourth-order valence-corrected chi connectivity index (χ4v) is 4.78. The summed E-state index contributed by atoms with van der Waals surface area (Å²) in [5.74, 6) is -0.366. The zero-order chi connectivity index (χ0) is 21.7. The minimum atomic E-state index is -3.63. The summed E-state index contributed by atoms with van der Waals surface area (Å²) in [5, 5.41) is 3.33. The van der Waals surface area contributed by atoms with Crippen LogP contribution in [0.3, 0.4) is 0 Å². The Bertz CT molecular complexity index is 987. The zero-order valence-electron chi connectivity index (χ0n) is 17.4. The van der Waals surface area contributed by atoms with Crippen LogP contribution in [-0.2, 0) is 21.4 Å². The van der Waals surface area contributed by atoms with E-state index in [2.05, 4.69) is 22.3 Å². The molecule has 0 saturated carbocycles. The number of halogens is 1. The van der Waals surface area contributed by atoms with Crippen LogP contribution in [0, 0.1) is 6.92 Å². The van der Waals surface area contributed by atoms with E-state index in [1.54, 1.807) is 25.1 Å². The first-order valence-corrected chi connectivity index (χ1v) is 12.3. The van der Waals surface area contributed by atoms with Gasteiger partial charge in [-0.25, -0.2) is 8.42 Å². The van der Waals surface area contributed by atoms with Gasteiger partial charge in [-0.2, -0.15) is 0 Å². The molecule has 1 aliphatic heterocycles. The summed E-state index contributed by atoms with van der Waals surface area (Å²) in [6.07, 6.45) is 4.83. The van der Waals surface area contributed by atoms with Crippen molar-refractivity contribution in [3.8, 4) is 0 Å². The van der Waals surface area contributed by atoms with Crippen LogP contribution < -0.4 is 14.5 Å². The fourth-order valence-electron chi connectivity index (χ4n) is 3.64. The number of hydrogen-bond acceptors (Lipinski definition) is 4. The third-order valence-corrected chi connectivity index (χ3v) is 6.62. The quantitative estimate of drug-likeness (QED) is 0.699. The van der Waals surface area contributed by atoms with Gasteiger partial charge in [-0.3, -0.25) is 9.10 Å². The molecule has 0 spiro atoms. The van der Waals surface area contributed by atoms with Crippen LogP contribution in [0.25, 0.3) is 0 Å². The van der Waals surface area contributed by atoms with Crippen molar-refractivity contribution < 1.29 is 13.2 Å². The number of hydrogen-bond donors (Lipinski definition) is 1. The molecule has 1 N–H and O–H groups in total. The second-order valence-electron chi connectivity index (χ2n) is 7.69. The Hall–Kier alpha value is -2.25. The zero-order valence-corrected chi connectivity index (χ0v) is 19.0. The second-order valence-corrected chi connectivity index (χ2v) is 10.0. The molecule has 1 aliphatic rings. The smallest absolute Gasteiger partial charge is 0.241 e. The van der Waals surface area contributed by atoms with Crippen molar-refractivity contribution in [2.75, 3.05) is 35.1 Å². The molecule has 2 aromatic carbocycles. The molecule has 0 aliphatic carbocycles. The Balaban J connectivity index is 1.62. The molecular weight excluding hydrogens is 422 g/mol. The Labute approximate surface area is 183 Å². The van der Waals surface area contributed by atoms with Crippen molar-refractivity contribution in [3.63, 3.8) is 0 Å². The van der Waals surface area contributed by atoms with E-state index in [1.165, 1.54) is 24.9 Å². The van der Waals surface area contributed by atoms with E-state index in [-0.39, 0.29) is 12.5 Å². The number of carbonyl (C=O) groups excluding carboxylic acids is 1. The first-order chi connectivity index (χ1) is 14.2. The number of benzene rings is 2. The lowest BCUT2D eigenvalue weighted by Crippen LogP contribution is -2.40. The number of carbonyl (C=O) groups is 1. The van der Waals surface area contributed by atoms with Gasteiger partial charge in [-0.05, 0) is 67.6 Å². The highest BCUT2D eigenvalue weighted by molar-refractivity contribution is 7.92. The number of sulfonamides is 1. The number of piperidine rings is 1.